The number of carbonyl (C=O) groups is 1. The molecule has 0 unspecified atom stereocenters. The number of carbonyl (C=O) groups excluding carboxylic acids is 1. The van der Waals surface area contributed by atoms with Crippen LogP contribution in [0.4, 0.5) is 8.78 Å². The number of phenols is 1. The van der Waals surface area contributed by atoms with E-state index in [1.165, 1.54) is 6.07 Å². The van der Waals surface area contributed by atoms with E-state index < -0.39 is 11.6 Å². The molecule has 3 rings (SSSR count). The number of likely N-dealkylation sites (tertiary alicyclic amines) is 1. The Morgan fingerprint density at radius 3 is 2.76 bits per heavy atom. The van der Waals surface area contributed by atoms with Gasteiger partial charge in [-0.2, -0.15) is 0 Å². The molecule has 25 heavy (non-hydrogen) atoms. The van der Waals surface area contributed by atoms with E-state index in [4.69, 9.17) is 0 Å². The smallest absolute Gasteiger partial charge is 0.224 e. The van der Waals surface area contributed by atoms with Crippen LogP contribution in [0.1, 0.15) is 23.6 Å². The van der Waals surface area contributed by atoms with Crippen molar-refractivity contribution >= 4 is 5.91 Å². The Bertz CT molecular complexity index is 782. The fourth-order valence-corrected chi connectivity index (χ4v) is 3.39. The second kappa shape index (κ2) is 7.19. The molecule has 2 N–H and O–H groups in total. The Kier molecular flexibility index (Phi) is 4.99. The predicted octanol–water partition coefficient (Wildman–Crippen LogP) is 2.77. The number of aromatic hydroxyl groups is 1. The second-order valence-electron chi connectivity index (χ2n) is 6.41. The van der Waals surface area contributed by atoms with Gasteiger partial charge in [-0.3, -0.25) is 9.69 Å². The van der Waals surface area contributed by atoms with Gasteiger partial charge >= 0.3 is 0 Å². The number of benzene rings is 2. The van der Waals surface area contributed by atoms with Gasteiger partial charge in [0.25, 0.3) is 0 Å². The molecule has 2 atom stereocenters. The quantitative estimate of drug-likeness (QED) is 0.895. The van der Waals surface area contributed by atoms with Crippen molar-refractivity contribution in [3.63, 3.8) is 0 Å². The summed E-state index contributed by atoms with van der Waals surface area (Å²) in [6.07, 6.45) is 0.880. The van der Waals surface area contributed by atoms with Crippen LogP contribution in [0.25, 0.3) is 0 Å². The Morgan fingerprint density at radius 2 is 2.04 bits per heavy atom. The molecule has 0 bridgehead atoms. The van der Waals surface area contributed by atoms with E-state index >= 15 is 0 Å². The lowest BCUT2D eigenvalue weighted by molar-refractivity contribution is -0.121. The van der Waals surface area contributed by atoms with E-state index in [2.05, 4.69) is 5.32 Å². The molecule has 1 aliphatic rings. The van der Waals surface area contributed by atoms with Gasteiger partial charge < -0.3 is 10.4 Å². The summed E-state index contributed by atoms with van der Waals surface area (Å²) in [6.45, 7) is 0.751. The lowest BCUT2D eigenvalue weighted by Gasteiger charge is -2.26. The summed E-state index contributed by atoms with van der Waals surface area (Å²) in [5.41, 5.74) is 1.36. The van der Waals surface area contributed by atoms with Crippen LogP contribution in [-0.4, -0.2) is 35.5 Å². The van der Waals surface area contributed by atoms with E-state index in [0.717, 1.165) is 19.0 Å². The normalized spacial score (nSPS) is 20.6. The number of hydrogen-bond donors (Lipinski definition) is 2. The zero-order valence-electron chi connectivity index (χ0n) is 13.9. The maximum Gasteiger partial charge on any atom is 0.224 e. The molecule has 1 saturated heterocycles. The minimum atomic E-state index is -0.886. The van der Waals surface area contributed by atoms with Gasteiger partial charge in [0.05, 0.1) is 12.5 Å². The molecular weight excluding hydrogens is 326 g/mol. The van der Waals surface area contributed by atoms with Crippen molar-refractivity contribution in [2.45, 2.75) is 24.9 Å². The molecule has 1 fully saturated rings. The van der Waals surface area contributed by atoms with Gasteiger partial charge in [-0.15, -0.1) is 0 Å². The largest absolute Gasteiger partial charge is 0.508 e. The number of nitrogens with zero attached hydrogens (tertiary/aromatic N) is 1. The second-order valence-corrected chi connectivity index (χ2v) is 6.41. The molecule has 2 aromatic carbocycles. The average Bonchev–Trinajstić information content (AvgIpc) is 2.90. The molecule has 4 nitrogen and oxygen atoms in total. The monoisotopic (exact) mass is 346 g/mol. The van der Waals surface area contributed by atoms with Crippen LogP contribution in [0.2, 0.25) is 0 Å². The summed E-state index contributed by atoms with van der Waals surface area (Å²) in [6, 6.07) is 10.0. The third kappa shape index (κ3) is 3.96. The van der Waals surface area contributed by atoms with Crippen LogP contribution >= 0.6 is 0 Å². The van der Waals surface area contributed by atoms with Crippen LogP contribution in [0.15, 0.2) is 42.5 Å². The highest BCUT2D eigenvalue weighted by molar-refractivity contribution is 5.79. The van der Waals surface area contributed by atoms with Gasteiger partial charge in [0, 0.05) is 12.6 Å². The molecule has 1 aliphatic heterocycles. The SMILES string of the molecule is CN1CC[C@H](NC(=O)Cc2cccc(O)c2)[C@@H]1c1ccc(F)c(F)c1. The summed E-state index contributed by atoms with van der Waals surface area (Å²) in [7, 11) is 1.90. The first kappa shape index (κ1) is 17.4. The topological polar surface area (TPSA) is 52.6 Å². The van der Waals surface area contributed by atoms with Crippen molar-refractivity contribution in [2.75, 3.05) is 13.6 Å². The van der Waals surface area contributed by atoms with E-state index in [1.54, 1.807) is 30.3 Å². The van der Waals surface area contributed by atoms with Crippen molar-refractivity contribution < 1.29 is 18.7 Å². The predicted molar refractivity (Wildman–Crippen MR) is 90.1 cm³/mol. The first-order chi connectivity index (χ1) is 11.9. The zero-order chi connectivity index (χ0) is 18.0. The highest BCUT2D eigenvalue weighted by Crippen LogP contribution is 2.31. The van der Waals surface area contributed by atoms with Crippen molar-refractivity contribution in [1.29, 1.82) is 0 Å². The van der Waals surface area contributed by atoms with Crippen molar-refractivity contribution in [2.24, 2.45) is 0 Å². The standard InChI is InChI=1S/C19H20F2N2O2/c1-23-8-7-17(19(23)13-5-6-15(20)16(21)11-13)22-18(25)10-12-3-2-4-14(24)9-12/h2-6,9,11,17,19,24H,7-8,10H2,1H3,(H,22,25)/t17-,19-/m0/s1. The van der Waals surface area contributed by atoms with Crippen molar-refractivity contribution in [1.82, 2.24) is 10.2 Å². The average molecular weight is 346 g/mol. The molecule has 132 valence electrons. The lowest BCUT2D eigenvalue weighted by atomic mass is 9.99. The number of amides is 1. The molecule has 1 heterocycles. The third-order valence-electron chi connectivity index (χ3n) is 4.56. The number of halogens is 2. The van der Waals surface area contributed by atoms with Crippen LogP contribution < -0.4 is 5.32 Å². The lowest BCUT2D eigenvalue weighted by Crippen LogP contribution is -2.39. The summed E-state index contributed by atoms with van der Waals surface area (Å²) in [5.74, 6) is -1.82. The Hall–Kier alpha value is -2.47. The highest BCUT2D eigenvalue weighted by atomic mass is 19.2. The van der Waals surface area contributed by atoms with E-state index in [-0.39, 0.29) is 30.2 Å². The van der Waals surface area contributed by atoms with Gasteiger partial charge in [0.1, 0.15) is 5.75 Å². The molecule has 6 heteroatoms. The number of rotatable bonds is 4. The van der Waals surface area contributed by atoms with Crippen LogP contribution in [0.5, 0.6) is 5.75 Å². The first-order valence-electron chi connectivity index (χ1n) is 8.16. The number of hydrogen-bond acceptors (Lipinski definition) is 3. The van der Waals surface area contributed by atoms with E-state index in [0.29, 0.717) is 11.1 Å². The maximum atomic E-state index is 13.6. The summed E-state index contributed by atoms with van der Waals surface area (Å²) in [5, 5.41) is 12.5. The first-order valence-corrected chi connectivity index (χ1v) is 8.16. The van der Waals surface area contributed by atoms with Gasteiger partial charge in [0.15, 0.2) is 11.6 Å². The molecule has 2 aromatic rings. The summed E-state index contributed by atoms with van der Waals surface area (Å²) >= 11 is 0. The number of nitrogens with one attached hydrogen (secondary N) is 1. The Labute approximate surface area is 145 Å². The zero-order valence-corrected chi connectivity index (χ0v) is 13.9. The molecule has 0 spiro atoms. The Balaban J connectivity index is 1.72. The van der Waals surface area contributed by atoms with Crippen molar-refractivity contribution in [3.8, 4) is 5.75 Å². The fourth-order valence-electron chi connectivity index (χ4n) is 3.39. The van der Waals surface area contributed by atoms with Gasteiger partial charge in [0.2, 0.25) is 5.91 Å². The minimum absolute atomic E-state index is 0.116. The van der Waals surface area contributed by atoms with Gasteiger partial charge in [-0.25, -0.2) is 8.78 Å². The van der Waals surface area contributed by atoms with Gasteiger partial charge in [-0.05, 0) is 48.9 Å². The molecule has 0 radical (unpaired) electrons. The van der Waals surface area contributed by atoms with Crippen LogP contribution in [-0.2, 0) is 11.2 Å². The maximum absolute atomic E-state index is 13.6. The molecular formula is C19H20F2N2O2. The molecule has 0 saturated carbocycles. The van der Waals surface area contributed by atoms with E-state index in [9.17, 15) is 18.7 Å². The fraction of sp³-hybridized carbons (Fsp3) is 0.316. The summed E-state index contributed by atoms with van der Waals surface area (Å²) < 4.78 is 26.8. The highest BCUT2D eigenvalue weighted by Gasteiger charge is 2.34. The minimum Gasteiger partial charge on any atom is -0.508 e. The van der Waals surface area contributed by atoms with Gasteiger partial charge in [-0.1, -0.05) is 18.2 Å². The number of likely N-dealkylation sites (N-methyl/N-ethyl adjacent to an activating group) is 1. The van der Waals surface area contributed by atoms with Crippen LogP contribution in [0, 0.1) is 11.6 Å². The molecule has 1 amide bonds. The van der Waals surface area contributed by atoms with Crippen LogP contribution in [0.3, 0.4) is 0 Å². The molecule has 0 aliphatic carbocycles. The number of phenolic OH excluding ortho intramolecular Hbond substituents is 1. The van der Waals surface area contributed by atoms with E-state index in [1.807, 2.05) is 11.9 Å². The Morgan fingerprint density at radius 1 is 1.24 bits per heavy atom. The summed E-state index contributed by atoms with van der Waals surface area (Å²) in [4.78, 5) is 14.4. The van der Waals surface area contributed by atoms with Crippen molar-refractivity contribution in [3.05, 3.63) is 65.2 Å². The third-order valence-corrected chi connectivity index (χ3v) is 4.56. The molecule has 0 aromatic heterocycles.